The van der Waals surface area contributed by atoms with Crippen LogP contribution in [0.2, 0.25) is 10.0 Å². The van der Waals surface area contributed by atoms with Crippen LogP contribution in [-0.4, -0.2) is 11.8 Å². The summed E-state index contributed by atoms with van der Waals surface area (Å²) in [4.78, 5) is 26.7. The van der Waals surface area contributed by atoms with Crippen LogP contribution < -0.4 is 10.6 Å². The van der Waals surface area contributed by atoms with Crippen molar-refractivity contribution in [2.45, 2.75) is 18.4 Å². The van der Waals surface area contributed by atoms with Crippen LogP contribution in [0.1, 0.15) is 28.3 Å². The number of carbonyl (C=O) groups excluding carboxylic acids is 2. The highest BCUT2D eigenvalue weighted by molar-refractivity contribution is 6.32. The van der Waals surface area contributed by atoms with Crippen LogP contribution in [-0.2, 0) is 15.0 Å². The van der Waals surface area contributed by atoms with E-state index < -0.39 is 17.3 Å². The molecule has 0 fully saturated rings. The third-order valence-corrected chi connectivity index (χ3v) is 6.59. The Morgan fingerprint density at radius 3 is 2.53 bits per heavy atom. The highest BCUT2D eigenvalue weighted by Crippen LogP contribution is 2.56. The number of fused-ring (bicyclic) bond motifs is 2. The summed E-state index contributed by atoms with van der Waals surface area (Å²) in [5.41, 5.74) is 2.22. The predicted octanol–water partition coefficient (Wildman–Crippen LogP) is 5.59. The topological polar surface area (TPSA) is 58.2 Å². The summed E-state index contributed by atoms with van der Waals surface area (Å²) >= 11 is 12.4. The van der Waals surface area contributed by atoms with Crippen LogP contribution in [0.5, 0.6) is 0 Å². The van der Waals surface area contributed by atoms with E-state index in [-0.39, 0.29) is 11.8 Å². The van der Waals surface area contributed by atoms with Gasteiger partial charge in [-0.2, -0.15) is 0 Å². The quantitative estimate of drug-likeness (QED) is 0.517. The highest BCUT2D eigenvalue weighted by Gasteiger charge is 2.58. The minimum absolute atomic E-state index is 0.338. The number of amides is 2. The van der Waals surface area contributed by atoms with E-state index in [0.717, 1.165) is 5.56 Å². The van der Waals surface area contributed by atoms with Crippen molar-refractivity contribution in [2.75, 3.05) is 5.32 Å². The molecule has 2 atom stereocenters. The van der Waals surface area contributed by atoms with Crippen molar-refractivity contribution < 1.29 is 14.0 Å². The van der Waals surface area contributed by atoms with Gasteiger partial charge in [-0.05, 0) is 71.1 Å². The molecule has 1 spiro atoms. The van der Waals surface area contributed by atoms with Gasteiger partial charge >= 0.3 is 0 Å². The number of hydrogen-bond acceptors (Lipinski definition) is 2. The molecule has 2 N–H and O–H groups in total. The average Bonchev–Trinajstić information content (AvgIpc) is 3.02. The van der Waals surface area contributed by atoms with Gasteiger partial charge in [-0.1, -0.05) is 47.5 Å². The maximum absolute atomic E-state index is 14.3. The van der Waals surface area contributed by atoms with Crippen LogP contribution in [0.15, 0.2) is 66.7 Å². The normalized spacial score (nSPS) is 21.8. The van der Waals surface area contributed by atoms with Crippen LogP contribution in [0, 0.1) is 12.7 Å². The lowest BCUT2D eigenvalue weighted by atomic mass is 9.63. The summed E-state index contributed by atoms with van der Waals surface area (Å²) in [6.07, 6.45) is 1.42. The second kappa shape index (κ2) is 7.47. The fourth-order valence-electron chi connectivity index (χ4n) is 4.75. The van der Waals surface area contributed by atoms with Gasteiger partial charge in [0, 0.05) is 21.8 Å². The lowest BCUT2D eigenvalue weighted by molar-refractivity contribution is -0.122. The molecule has 0 saturated heterocycles. The van der Waals surface area contributed by atoms with Gasteiger partial charge in [0.05, 0.1) is 6.04 Å². The minimum atomic E-state index is -1.35. The van der Waals surface area contributed by atoms with Gasteiger partial charge in [0.25, 0.3) is 0 Å². The summed E-state index contributed by atoms with van der Waals surface area (Å²) in [5.74, 6) is -1.17. The Kier molecular flexibility index (Phi) is 4.84. The Balaban J connectivity index is 1.87. The van der Waals surface area contributed by atoms with Crippen LogP contribution >= 0.6 is 23.2 Å². The van der Waals surface area contributed by atoms with Crippen molar-refractivity contribution in [1.29, 1.82) is 0 Å². The molecule has 32 heavy (non-hydrogen) atoms. The van der Waals surface area contributed by atoms with Crippen molar-refractivity contribution in [3.05, 3.63) is 105 Å². The van der Waals surface area contributed by atoms with Gasteiger partial charge in [0.2, 0.25) is 11.8 Å². The number of rotatable bonds is 2. The number of halogens is 3. The molecule has 0 unspecified atom stereocenters. The smallest absolute Gasteiger partial charge is 0.244 e. The number of anilines is 1. The predicted molar refractivity (Wildman–Crippen MR) is 123 cm³/mol. The van der Waals surface area contributed by atoms with Crippen LogP contribution in [0.25, 0.3) is 5.57 Å². The standard InChI is InChI=1S/C25H17Cl2FN2O2/c1-13-5-7-17(28)11-18(13)23-25(19-8-6-16(27)10-21(19)29-24(25)32)20(12-22(31)30-23)14-3-2-4-15(26)9-14/h2-12,23H,1H3,(H,29,32)(H,30,31)/t23-,25+/m1/s1. The zero-order valence-corrected chi connectivity index (χ0v) is 18.4. The zero-order valence-electron chi connectivity index (χ0n) is 16.9. The molecular weight excluding hydrogens is 450 g/mol. The Hall–Kier alpha value is -3.15. The molecule has 160 valence electrons. The first-order valence-electron chi connectivity index (χ1n) is 9.97. The van der Waals surface area contributed by atoms with Crippen molar-refractivity contribution >= 4 is 46.3 Å². The fraction of sp³-hybridized carbons (Fsp3) is 0.120. The maximum atomic E-state index is 14.3. The van der Waals surface area contributed by atoms with E-state index >= 15 is 0 Å². The minimum Gasteiger partial charge on any atom is -0.344 e. The molecule has 2 aliphatic rings. The summed E-state index contributed by atoms with van der Waals surface area (Å²) in [6, 6.07) is 15.6. The molecule has 0 bridgehead atoms. The molecule has 2 amide bonds. The van der Waals surface area contributed by atoms with E-state index in [1.54, 1.807) is 48.5 Å². The number of hydrogen-bond donors (Lipinski definition) is 2. The van der Waals surface area contributed by atoms with Gasteiger partial charge in [0.15, 0.2) is 0 Å². The molecule has 5 rings (SSSR count). The summed E-state index contributed by atoms with van der Waals surface area (Å²) in [7, 11) is 0. The largest absolute Gasteiger partial charge is 0.344 e. The van der Waals surface area contributed by atoms with E-state index in [2.05, 4.69) is 10.6 Å². The second-order valence-corrected chi connectivity index (χ2v) is 8.84. The third kappa shape index (κ3) is 3.04. The van der Waals surface area contributed by atoms with E-state index in [1.807, 2.05) is 6.92 Å². The van der Waals surface area contributed by atoms with Gasteiger partial charge in [-0.15, -0.1) is 0 Å². The molecule has 0 aliphatic carbocycles. The summed E-state index contributed by atoms with van der Waals surface area (Å²) < 4.78 is 14.3. The average molecular weight is 467 g/mol. The Morgan fingerprint density at radius 2 is 1.75 bits per heavy atom. The van der Waals surface area contributed by atoms with Gasteiger partial charge in [0.1, 0.15) is 11.2 Å². The van der Waals surface area contributed by atoms with E-state index in [9.17, 15) is 14.0 Å². The molecule has 0 aromatic heterocycles. The second-order valence-electron chi connectivity index (χ2n) is 7.96. The molecule has 0 radical (unpaired) electrons. The van der Waals surface area contributed by atoms with Crippen molar-refractivity contribution in [2.24, 2.45) is 0 Å². The van der Waals surface area contributed by atoms with Gasteiger partial charge in [-0.3, -0.25) is 9.59 Å². The number of benzene rings is 3. The maximum Gasteiger partial charge on any atom is 0.244 e. The molecule has 3 aromatic rings. The summed E-state index contributed by atoms with van der Waals surface area (Å²) in [5, 5.41) is 6.78. The summed E-state index contributed by atoms with van der Waals surface area (Å²) in [6.45, 7) is 1.82. The van der Waals surface area contributed by atoms with E-state index in [1.165, 1.54) is 18.2 Å². The number of nitrogens with one attached hydrogen (secondary N) is 2. The van der Waals surface area contributed by atoms with Crippen molar-refractivity contribution in [3.8, 4) is 0 Å². The first-order valence-corrected chi connectivity index (χ1v) is 10.7. The zero-order chi connectivity index (χ0) is 22.6. The number of carbonyl (C=O) groups is 2. The Labute approximate surface area is 194 Å². The molecule has 7 heteroatoms. The Morgan fingerprint density at radius 1 is 0.969 bits per heavy atom. The van der Waals surface area contributed by atoms with Gasteiger partial charge in [-0.25, -0.2) is 4.39 Å². The molecule has 3 aromatic carbocycles. The lowest BCUT2D eigenvalue weighted by Crippen LogP contribution is -2.52. The molecule has 0 saturated carbocycles. The molecule has 2 heterocycles. The molecule has 2 aliphatic heterocycles. The lowest BCUT2D eigenvalue weighted by Gasteiger charge is -2.42. The molecular formula is C25H17Cl2FN2O2. The first-order chi connectivity index (χ1) is 15.3. The van der Waals surface area contributed by atoms with Crippen molar-refractivity contribution in [1.82, 2.24) is 5.32 Å². The van der Waals surface area contributed by atoms with Crippen LogP contribution in [0.3, 0.4) is 0 Å². The monoisotopic (exact) mass is 466 g/mol. The van der Waals surface area contributed by atoms with E-state index in [0.29, 0.717) is 38.0 Å². The van der Waals surface area contributed by atoms with Crippen LogP contribution in [0.4, 0.5) is 10.1 Å². The van der Waals surface area contributed by atoms with Gasteiger partial charge < -0.3 is 10.6 Å². The first kappa shape index (κ1) is 20.7. The number of aryl methyl sites for hydroxylation is 1. The Bertz CT molecular complexity index is 1340. The fourth-order valence-corrected chi connectivity index (χ4v) is 5.12. The van der Waals surface area contributed by atoms with E-state index in [4.69, 9.17) is 23.2 Å². The SMILES string of the molecule is Cc1ccc(F)cc1[C@H]1NC(=O)C=C(c2cccc(Cl)c2)[C@]12C(=O)Nc1cc(Cl)ccc12. The highest BCUT2D eigenvalue weighted by atomic mass is 35.5. The molecule has 4 nitrogen and oxygen atoms in total. The third-order valence-electron chi connectivity index (χ3n) is 6.12. The van der Waals surface area contributed by atoms with Crippen molar-refractivity contribution in [3.63, 3.8) is 0 Å².